The first-order valence-corrected chi connectivity index (χ1v) is 10.3. The van der Waals surface area contributed by atoms with Crippen molar-refractivity contribution in [1.29, 1.82) is 0 Å². The van der Waals surface area contributed by atoms with Crippen LogP contribution in [-0.4, -0.2) is 60.6 Å². The predicted molar refractivity (Wildman–Crippen MR) is 107 cm³/mol. The summed E-state index contributed by atoms with van der Waals surface area (Å²) in [5.74, 6) is 0.943. The van der Waals surface area contributed by atoms with E-state index in [-0.39, 0.29) is 16.9 Å². The number of nitrogens with one attached hydrogen (secondary N) is 1. The zero-order valence-corrected chi connectivity index (χ0v) is 17.8. The fourth-order valence-corrected chi connectivity index (χ4v) is 4.21. The Labute approximate surface area is 171 Å². The third-order valence-corrected chi connectivity index (χ3v) is 5.73. The van der Waals surface area contributed by atoms with Gasteiger partial charge in [-0.05, 0) is 46.7 Å². The van der Waals surface area contributed by atoms with Gasteiger partial charge in [0.1, 0.15) is 6.61 Å². The van der Waals surface area contributed by atoms with E-state index in [1.807, 2.05) is 43.3 Å². The number of nitrogens with zero attached hydrogens (tertiary/aromatic N) is 6. The molecular weight excluding hydrogens is 370 g/mol. The lowest BCUT2D eigenvalue weighted by Crippen LogP contribution is -2.45. The van der Waals surface area contributed by atoms with Crippen molar-refractivity contribution in [2.24, 2.45) is 12.5 Å². The molecule has 2 aliphatic rings. The monoisotopic (exact) mass is 401 g/mol. The summed E-state index contributed by atoms with van der Waals surface area (Å²) in [5, 5.41) is 15.7. The van der Waals surface area contributed by atoms with Gasteiger partial charge < -0.3 is 14.6 Å². The number of aryl methyl sites for hydroxylation is 1. The predicted octanol–water partition coefficient (Wildman–Crippen LogP) is 1.35. The Morgan fingerprint density at radius 1 is 1.28 bits per heavy atom. The van der Waals surface area contributed by atoms with Gasteiger partial charge in [0.25, 0.3) is 5.91 Å². The van der Waals surface area contributed by atoms with Crippen molar-refractivity contribution in [1.82, 2.24) is 34.8 Å². The summed E-state index contributed by atoms with van der Waals surface area (Å²) >= 11 is 0. The zero-order chi connectivity index (χ0) is 20.6. The number of carbonyl (C=O) groups excluding carboxylic acids is 1. The molecule has 2 aromatic rings. The van der Waals surface area contributed by atoms with E-state index in [0.717, 1.165) is 44.8 Å². The number of ether oxygens (including phenoxy) is 1. The standard InChI is InChI=1S/C20H31N7O2/c1-19(2,3)22-18(28)17-24-23-16-12-29-14-20(13-27(16)17)5-7-26(8-6-20)11-15-9-21-25(4)10-15/h9-10H,5-8,11-14H2,1-4H3,(H,22,28). The summed E-state index contributed by atoms with van der Waals surface area (Å²) in [7, 11) is 1.95. The maximum atomic E-state index is 12.7. The second-order valence-corrected chi connectivity index (χ2v) is 9.52. The van der Waals surface area contributed by atoms with Gasteiger partial charge in [0.05, 0.1) is 12.8 Å². The van der Waals surface area contributed by atoms with Gasteiger partial charge in [-0.3, -0.25) is 14.4 Å². The molecule has 2 aliphatic heterocycles. The van der Waals surface area contributed by atoms with E-state index in [1.54, 1.807) is 0 Å². The smallest absolute Gasteiger partial charge is 0.289 e. The SMILES string of the molecule is Cn1cc(CN2CCC3(CC2)COCc2nnc(C(=O)NC(C)(C)C)n2C3)cn1. The molecule has 0 aliphatic carbocycles. The summed E-state index contributed by atoms with van der Waals surface area (Å²) in [5.41, 5.74) is 0.929. The molecule has 2 aromatic heterocycles. The fourth-order valence-electron chi connectivity index (χ4n) is 4.21. The Morgan fingerprint density at radius 3 is 2.69 bits per heavy atom. The van der Waals surface area contributed by atoms with Crippen molar-refractivity contribution in [2.75, 3.05) is 19.7 Å². The van der Waals surface area contributed by atoms with Gasteiger partial charge in [-0.25, -0.2) is 0 Å². The van der Waals surface area contributed by atoms with Gasteiger partial charge in [0.15, 0.2) is 5.82 Å². The van der Waals surface area contributed by atoms with Gasteiger partial charge in [-0.1, -0.05) is 0 Å². The highest BCUT2D eigenvalue weighted by Gasteiger charge is 2.39. The van der Waals surface area contributed by atoms with Gasteiger partial charge in [0.2, 0.25) is 5.82 Å². The van der Waals surface area contributed by atoms with Gasteiger partial charge in [-0.15, -0.1) is 10.2 Å². The molecule has 4 heterocycles. The van der Waals surface area contributed by atoms with E-state index >= 15 is 0 Å². The number of rotatable bonds is 3. The molecule has 1 saturated heterocycles. The van der Waals surface area contributed by atoms with Crippen LogP contribution in [-0.2, 0) is 31.5 Å². The van der Waals surface area contributed by atoms with Crippen LogP contribution in [0, 0.1) is 5.41 Å². The third-order valence-electron chi connectivity index (χ3n) is 5.73. The molecular formula is C20H31N7O2. The largest absolute Gasteiger partial charge is 0.373 e. The number of hydrogen-bond acceptors (Lipinski definition) is 6. The summed E-state index contributed by atoms with van der Waals surface area (Å²) < 4.78 is 9.80. The molecule has 0 unspecified atom stereocenters. The van der Waals surface area contributed by atoms with Crippen LogP contribution in [0.25, 0.3) is 0 Å². The molecule has 1 N–H and O–H groups in total. The van der Waals surface area contributed by atoms with E-state index in [1.165, 1.54) is 5.56 Å². The molecule has 0 aromatic carbocycles. The molecule has 0 saturated carbocycles. The minimum Gasteiger partial charge on any atom is -0.373 e. The maximum Gasteiger partial charge on any atom is 0.289 e. The molecule has 29 heavy (non-hydrogen) atoms. The van der Waals surface area contributed by atoms with Crippen molar-refractivity contribution in [2.45, 2.75) is 58.8 Å². The van der Waals surface area contributed by atoms with Gasteiger partial charge in [-0.2, -0.15) is 5.10 Å². The van der Waals surface area contributed by atoms with E-state index < -0.39 is 0 Å². The third kappa shape index (κ3) is 4.51. The molecule has 9 heteroatoms. The fraction of sp³-hybridized carbons (Fsp3) is 0.700. The average Bonchev–Trinajstić information content (AvgIpc) is 3.17. The van der Waals surface area contributed by atoms with E-state index in [4.69, 9.17) is 4.74 Å². The minimum atomic E-state index is -0.319. The van der Waals surface area contributed by atoms with Crippen LogP contribution < -0.4 is 5.32 Å². The van der Waals surface area contributed by atoms with Crippen LogP contribution in [0.5, 0.6) is 0 Å². The molecule has 158 valence electrons. The molecule has 1 spiro atoms. The number of amides is 1. The molecule has 4 rings (SSSR count). The first-order chi connectivity index (χ1) is 13.7. The molecule has 0 bridgehead atoms. The zero-order valence-electron chi connectivity index (χ0n) is 17.8. The normalized spacial score (nSPS) is 19.7. The average molecular weight is 402 g/mol. The van der Waals surface area contributed by atoms with Crippen LogP contribution in [0.3, 0.4) is 0 Å². The molecule has 0 radical (unpaired) electrons. The number of likely N-dealkylation sites (tertiary alicyclic amines) is 1. The van der Waals surface area contributed by atoms with Crippen molar-refractivity contribution in [3.8, 4) is 0 Å². The molecule has 9 nitrogen and oxygen atoms in total. The van der Waals surface area contributed by atoms with Crippen LogP contribution in [0.1, 0.15) is 55.6 Å². The Kier molecular flexibility index (Phi) is 5.20. The number of hydrogen-bond donors (Lipinski definition) is 1. The van der Waals surface area contributed by atoms with Crippen molar-refractivity contribution >= 4 is 5.91 Å². The first-order valence-electron chi connectivity index (χ1n) is 10.3. The minimum absolute atomic E-state index is 0.00975. The van der Waals surface area contributed by atoms with Crippen molar-refractivity contribution in [3.63, 3.8) is 0 Å². The highest BCUT2D eigenvalue weighted by molar-refractivity contribution is 5.91. The number of piperidine rings is 1. The van der Waals surface area contributed by atoms with Crippen molar-refractivity contribution in [3.05, 3.63) is 29.6 Å². The Bertz CT molecular complexity index is 872. The van der Waals surface area contributed by atoms with Crippen LogP contribution in [0.15, 0.2) is 12.4 Å². The van der Waals surface area contributed by atoms with Crippen LogP contribution in [0.4, 0.5) is 0 Å². The van der Waals surface area contributed by atoms with Gasteiger partial charge in [0, 0.05) is 42.9 Å². The maximum absolute atomic E-state index is 12.7. The second-order valence-electron chi connectivity index (χ2n) is 9.52. The van der Waals surface area contributed by atoms with Gasteiger partial charge >= 0.3 is 0 Å². The highest BCUT2D eigenvalue weighted by atomic mass is 16.5. The topological polar surface area (TPSA) is 90.1 Å². The lowest BCUT2D eigenvalue weighted by molar-refractivity contribution is -0.00571. The lowest BCUT2D eigenvalue weighted by atomic mass is 9.78. The highest BCUT2D eigenvalue weighted by Crippen LogP contribution is 2.36. The molecule has 0 atom stereocenters. The molecule has 1 fully saturated rings. The summed E-state index contributed by atoms with van der Waals surface area (Å²) in [6, 6.07) is 0. The first kappa shape index (κ1) is 20.0. The summed E-state index contributed by atoms with van der Waals surface area (Å²) in [6.07, 6.45) is 6.04. The van der Waals surface area contributed by atoms with E-state index in [9.17, 15) is 4.79 Å². The number of aromatic nitrogens is 5. The van der Waals surface area contributed by atoms with E-state index in [2.05, 4.69) is 31.7 Å². The quantitative estimate of drug-likeness (QED) is 0.835. The Morgan fingerprint density at radius 2 is 2.03 bits per heavy atom. The van der Waals surface area contributed by atoms with Crippen molar-refractivity contribution < 1.29 is 9.53 Å². The Hall–Kier alpha value is -2.26. The molecule has 1 amide bonds. The summed E-state index contributed by atoms with van der Waals surface area (Å²) in [6.45, 7) is 10.6. The lowest BCUT2D eigenvalue weighted by Gasteiger charge is -2.41. The number of fused-ring (bicyclic) bond motifs is 1. The second kappa shape index (κ2) is 7.53. The van der Waals surface area contributed by atoms with E-state index in [0.29, 0.717) is 19.0 Å². The number of carbonyl (C=O) groups is 1. The van der Waals surface area contributed by atoms with Crippen LogP contribution >= 0.6 is 0 Å². The summed E-state index contributed by atoms with van der Waals surface area (Å²) in [4.78, 5) is 15.2. The van der Waals surface area contributed by atoms with Crippen LogP contribution in [0.2, 0.25) is 0 Å². The Balaban J connectivity index is 1.46.